The average molecular weight is 474 g/mol. The summed E-state index contributed by atoms with van der Waals surface area (Å²) in [5.41, 5.74) is 2.70. The van der Waals surface area contributed by atoms with Crippen LogP contribution in [-0.2, 0) is 15.2 Å². The van der Waals surface area contributed by atoms with E-state index in [0.29, 0.717) is 23.9 Å². The number of pyridine rings is 1. The number of H-pyrrole nitrogens is 1. The van der Waals surface area contributed by atoms with E-state index in [0.717, 1.165) is 26.8 Å². The van der Waals surface area contributed by atoms with Gasteiger partial charge in [-0.15, -0.1) is 11.8 Å². The SMILES string of the molecule is COc1c(SCCOCCOCC(F)(F)F)ccnc1CSc1nc2ccccc2[nH]1. The fourth-order valence-corrected chi connectivity index (χ4v) is 4.39. The molecule has 3 rings (SSSR count). The molecule has 0 bridgehead atoms. The maximum Gasteiger partial charge on any atom is 0.411 e. The minimum absolute atomic E-state index is 0.0914. The van der Waals surface area contributed by atoms with E-state index < -0.39 is 12.8 Å². The standard InChI is InChI=1S/C20H22F3N3O3S2/c1-27-18-16(12-31-19-25-14-4-2-3-5-15(14)26-19)24-7-6-17(18)30-11-10-28-8-9-29-13-20(21,22)23/h2-7H,8-13H2,1H3,(H,25,26). The van der Waals surface area contributed by atoms with Crippen LogP contribution < -0.4 is 4.74 Å². The normalized spacial score (nSPS) is 11.9. The molecule has 1 aromatic carbocycles. The van der Waals surface area contributed by atoms with Gasteiger partial charge in [0.1, 0.15) is 6.61 Å². The maximum atomic E-state index is 12.0. The third-order valence-electron chi connectivity index (χ3n) is 3.98. The number of alkyl halides is 3. The molecule has 0 saturated heterocycles. The summed E-state index contributed by atoms with van der Waals surface area (Å²) in [5, 5.41) is 0.809. The molecule has 0 unspecified atom stereocenters. The van der Waals surface area contributed by atoms with Crippen LogP contribution in [0.3, 0.4) is 0 Å². The van der Waals surface area contributed by atoms with Crippen molar-refractivity contribution in [3.63, 3.8) is 0 Å². The molecule has 0 aliphatic heterocycles. The number of rotatable bonds is 12. The van der Waals surface area contributed by atoms with E-state index in [9.17, 15) is 13.2 Å². The first-order valence-electron chi connectivity index (χ1n) is 9.41. The number of fused-ring (bicyclic) bond motifs is 1. The van der Waals surface area contributed by atoms with Crippen molar-refractivity contribution in [1.29, 1.82) is 0 Å². The van der Waals surface area contributed by atoms with Crippen LogP contribution in [0.15, 0.2) is 46.6 Å². The monoisotopic (exact) mass is 473 g/mol. The van der Waals surface area contributed by atoms with Crippen LogP contribution >= 0.6 is 23.5 Å². The molecular weight excluding hydrogens is 451 g/mol. The smallest absolute Gasteiger partial charge is 0.411 e. The van der Waals surface area contributed by atoms with Crippen LogP contribution in [0.4, 0.5) is 13.2 Å². The Morgan fingerprint density at radius 1 is 1.03 bits per heavy atom. The lowest BCUT2D eigenvalue weighted by Crippen LogP contribution is -2.19. The summed E-state index contributed by atoms with van der Waals surface area (Å²) in [5.74, 6) is 1.91. The molecule has 0 aliphatic rings. The lowest BCUT2D eigenvalue weighted by atomic mass is 10.3. The summed E-state index contributed by atoms with van der Waals surface area (Å²) in [7, 11) is 1.60. The number of imidazole rings is 1. The molecule has 168 valence electrons. The Bertz CT molecular complexity index is 936. The quantitative estimate of drug-likeness (QED) is 0.295. The summed E-state index contributed by atoms with van der Waals surface area (Å²) >= 11 is 3.08. The third kappa shape index (κ3) is 7.60. The number of aromatic amines is 1. The van der Waals surface area contributed by atoms with E-state index in [1.807, 2.05) is 30.3 Å². The Labute approximate surface area is 186 Å². The van der Waals surface area contributed by atoms with Gasteiger partial charge in [-0.2, -0.15) is 13.2 Å². The van der Waals surface area contributed by atoms with Crippen LogP contribution in [0.5, 0.6) is 5.75 Å². The fraction of sp³-hybridized carbons (Fsp3) is 0.400. The number of halogens is 3. The molecule has 11 heteroatoms. The van der Waals surface area contributed by atoms with E-state index in [2.05, 4.69) is 19.7 Å². The van der Waals surface area contributed by atoms with Crippen molar-refractivity contribution < 1.29 is 27.4 Å². The first-order valence-corrected chi connectivity index (χ1v) is 11.4. The van der Waals surface area contributed by atoms with Gasteiger partial charge in [-0.05, 0) is 18.2 Å². The van der Waals surface area contributed by atoms with Gasteiger partial charge in [-0.1, -0.05) is 23.9 Å². The largest absolute Gasteiger partial charge is 0.494 e. The number of para-hydroxylation sites is 2. The number of benzene rings is 1. The number of aromatic nitrogens is 3. The average Bonchev–Trinajstić information content (AvgIpc) is 3.16. The zero-order valence-corrected chi connectivity index (χ0v) is 18.4. The number of ether oxygens (including phenoxy) is 3. The number of nitrogens with zero attached hydrogens (tertiary/aromatic N) is 2. The summed E-state index contributed by atoms with van der Waals surface area (Å²) in [4.78, 5) is 13.2. The number of methoxy groups -OCH3 is 1. The highest BCUT2D eigenvalue weighted by Gasteiger charge is 2.27. The van der Waals surface area contributed by atoms with E-state index in [-0.39, 0.29) is 13.2 Å². The second kappa shape index (κ2) is 11.6. The minimum Gasteiger partial charge on any atom is -0.494 e. The van der Waals surface area contributed by atoms with Crippen molar-refractivity contribution in [2.45, 2.75) is 22.0 Å². The van der Waals surface area contributed by atoms with Gasteiger partial charge in [0, 0.05) is 17.7 Å². The molecule has 0 radical (unpaired) electrons. The lowest BCUT2D eigenvalue weighted by Gasteiger charge is -2.12. The van der Waals surface area contributed by atoms with Crippen molar-refractivity contribution in [3.05, 3.63) is 42.2 Å². The number of hydrogen-bond acceptors (Lipinski definition) is 7. The molecule has 3 aromatic rings. The fourth-order valence-electron chi connectivity index (χ4n) is 2.66. The summed E-state index contributed by atoms with van der Waals surface area (Å²) < 4.78 is 51.3. The van der Waals surface area contributed by atoms with Crippen molar-refractivity contribution >= 4 is 34.6 Å². The molecule has 2 aromatic heterocycles. The van der Waals surface area contributed by atoms with Crippen molar-refractivity contribution in [2.24, 2.45) is 0 Å². The summed E-state index contributed by atoms with van der Waals surface area (Å²) in [6.07, 6.45) is -2.58. The number of thioether (sulfide) groups is 2. The molecule has 31 heavy (non-hydrogen) atoms. The third-order valence-corrected chi connectivity index (χ3v) is 5.87. The highest BCUT2D eigenvalue weighted by molar-refractivity contribution is 7.99. The lowest BCUT2D eigenvalue weighted by molar-refractivity contribution is -0.176. The van der Waals surface area contributed by atoms with Crippen molar-refractivity contribution in [2.75, 3.05) is 39.3 Å². The molecule has 0 spiro atoms. The van der Waals surface area contributed by atoms with Gasteiger partial charge >= 0.3 is 6.18 Å². The van der Waals surface area contributed by atoms with E-state index in [4.69, 9.17) is 9.47 Å². The van der Waals surface area contributed by atoms with E-state index in [1.165, 1.54) is 11.8 Å². The van der Waals surface area contributed by atoms with Crippen LogP contribution in [0.1, 0.15) is 5.69 Å². The van der Waals surface area contributed by atoms with Crippen LogP contribution in [0.25, 0.3) is 11.0 Å². The van der Waals surface area contributed by atoms with Gasteiger partial charge in [-0.25, -0.2) is 4.98 Å². The van der Waals surface area contributed by atoms with E-state index >= 15 is 0 Å². The molecule has 0 saturated carbocycles. The maximum absolute atomic E-state index is 12.0. The van der Waals surface area contributed by atoms with Gasteiger partial charge < -0.3 is 19.2 Å². The van der Waals surface area contributed by atoms with E-state index in [1.54, 1.807) is 25.1 Å². The van der Waals surface area contributed by atoms with Gasteiger partial charge in [0.15, 0.2) is 10.9 Å². The molecule has 0 atom stereocenters. The number of nitrogens with one attached hydrogen (secondary N) is 1. The zero-order chi connectivity index (χ0) is 22.1. The highest BCUT2D eigenvalue weighted by atomic mass is 32.2. The molecule has 0 amide bonds. The van der Waals surface area contributed by atoms with Gasteiger partial charge in [0.05, 0.1) is 48.6 Å². The van der Waals surface area contributed by atoms with Crippen molar-refractivity contribution in [1.82, 2.24) is 15.0 Å². The second-order valence-electron chi connectivity index (χ2n) is 6.27. The Balaban J connectivity index is 1.45. The number of hydrogen-bond donors (Lipinski definition) is 1. The summed E-state index contributed by atoms with van der Waals surface area (Å²) in [6, 6.07) is 9.70. The van der Waals surface area contributed by atoms with Crippen LogP contribution in [0, 0.1) is 0 Å². The van der Waals surface area contributed by atoms with Gasteiger partial charge in [0.2, 0.25) is 0 Å². The van der Waals surface area contributed by atoms with Gasteiger partial charge in [0.25, 0.3) is 0 Å². The zero-order valence-electron chi connectivity index (χ0n) is 16.8. The molecule has 2 heterocycles. The molecule has 1 N–H and O–H groups in total. The molecular formula is C20H22F3N3O3S2. The predicted octanol–water partition coefficient (Wildman–Crippen LogP) is 4.95. The van der Waals surface area contributed by atoms with Gasteiger partial charge in [-0.3, -0.25) is 4.98 Å². The molecule has 0 aliphatic carbocycles. The Morgan fingerprint density at radius 3 is 2.61 bits per heavy atom. The Morgan fingerprint density at radius 2 is 1.84 bits per heavy atom. The first-order chi connectivity index (χ1) is 15.0. The van der Waals surface area contributed by atoms with Crippen molar-refractivity contribution in [3.8, 4) is 5.75 Å². The molecule has 6 nitrogen and oxygen atoms in total. The minimum atomic E-state index is -4.31. The highest BCUT2D eigenvalue weighted by Crippen LogP contribution is 2.34. The van der Waals surface area contributed by atoms with Crippen LogP contribution in [0.2, 0.25) is 0 Å². The molecule has 0 fully saturated rings. The topological polar surface area (TPSA) is 69.3 Å². The Hall–Kier alpha value is -1.95. The summed E-state index contributed by atoms with van der Waals surface area (Å²) in [6.45, 7) is -0.849. The Kier molecular flexibility index (Phi) is 8.88. The predicted molar refractivity (Wildman–Crippen MR) is 115 cm³/mol. The first kappa shape index (κ1) is 23.7. The van der Waals surface area contributed by atoms with Crippen LogP contribution in [-0.4, -0.2) is 60.4 Å². The second-order valence-corrected chi connectivity index (χ2v) is 8.37.